The third kappa shape index (κ3) is 7.19. The van der Waals surface area contributed by atoms with Crippen LogP contribution < -0.4 is 9.62 Å². The van der Waals surface area contributed by atoms with Crippen LogP contribution in [0.15, 0.2) is 84.9 Å². The molecule has 254 valence electrons. The summed E-state index contributed by atoms with van der Waals surface area (Å²) in [6.45, 7) is -0.192. The van der Waals surface area contributed by atoms with E-state index in [1.54, 1.807) is 4.90 Å². The summed E-state index contributed by atoms with van der Waals surface area (Å²) in [5, 5.41) is 3.23. The van der Waals surface area contributed by atoms with Crippen molar-refractivity contribution in [2.75, 3.05) is 17.1 Å². The summed E-state index contributed by atoms with van der Waals surface area (Å²) in [5.74, 6) is 1.84. The van der Waals surface area contributed by atoms with Gasteiger partial charge in [0, 0.05) is 19.0 Å². The number of benzene rings is 3. The van der Waals surface area contributed by atoms with Crippen molar-refractivity contribution in [3.63, 3.8) is 0 Å². The van der Waals surface area contributed by atoms with Crippen LogP contribution >= 0.6 is 0 Å². The number of amides is 2. The Morgan fingerprint density at radius 3 is 1.88 bits per heavy atom. The zero-order chi connectivity index (χ0) is 33.3. The molecule has 1 N–H and O–H groups in total. The lowest BCUT2D eigenvalue weighted by Gasteiger charge is -2.57. The van der Waals surface area contributed by atoms with Gasteiger partial charge in [-0.05, 0) is 103 Å². The topological polar surface area (TPSA) is 86.8 Å². The molecule has 8 rings (SSSR count). The zero-order valence-electron chi connectivity index (χ0n) is 28.1. The Hall–Kier alpha value is -3.65. The highest BCUT2D eigenvalue weighted by molar-refractivity contribution is 7.92. The number of nitrogens with one attached hydrogen (secondary N) is 1. The molecule has 2 amide bonds. The van der Waals surface area contributed by atoms with Crippen molar-refractivity contribution in [3.8, 4) is 0 Å². The Morgan fingerprint density at radius 1 is 0.792 bits per heavy atom. The summed E-state index contributed by atoms with van der Waals surface area (Å²) >= 11 is 0. The van der Waals surface area contributed by atoms with Crippen LogP contribution in [0.25, 0.3) is 0 Å². The van der Waals surface area contributed by atoms with E-state index < -0.39 is 22.0 Å². The molecule has 0 unspecified atom stereocenters. The largest absolute Gasteiger partial charge is 0.352 e. The van der Waals surface area contributed by atoms with E-state index in [0.29, 0.717) is 12.1 Å². The molecule has 7 nitrogen and oxygen atoms in total. The van der Waals surface area contributed by atoms with Crippen LogP contribution in [0.5, 0.6) is 0 Å². The van der Waals surface area contributed by atoms with Gasteiger partial charge >= 0.3 is 0 Å². The van der Waals surface area contributed by atoms with Crippen LogP contribution in [0.1, 0.15) is 80.9 Å². The normalized spacial score (nSPS) is 25.5. The van der Waals surface area contributed by atoms with E-state index in [1.165, 1.54) is 48.4 Å². The Balaban J connectivity index is 1.17. The van der Waals surface area contributed by atoms with Crippen molar-refractivity contribution in [3.05, 3.63) is 102 Å². The lowest BCUT2D eigenvalue weighted by Crippen LogP contribution is -2.54. The van der Waals surface area contributed by atoms with Gasteiger partial charge in [-0.25, -0.2) is 8.42 Å². The Bertz CT molecular complexity index is 1650. The molecule has 5 fully saturated rings. The average Bonchev–Trinajstić information content (AvgIpc) is 3.58. The molecule has 3 aromatic rings. The Morgan fingerprint density at radius 2 is 1.33 bits per heavy atom. The Kier molecular flexibility index (Phi) is 9.38. The van der Waals surface area contributed by atoms with Gasteiger partial charge in [0.25, 0.3) is 0 Å². The summed E-state index contributed by atoms with van der Waals surface area (Å²) in [7, 11) is -3.82. The van der Waals surface area contributed by atoms with Gasteiger partial charge in [0.1, 0.15) is 12.6 Å². The van der Waals surface area contributed by atoms with Crippen molar-refractivity contribution in [1.82, 2.24) is 10.2 Å². The lowest BCUT2D eigenvalue weighted by molar-refractivity contribution is -0.140. The number of carbonyl (C=O) groups excluding carboxylic acids is 2. The number of hydrogen-bond acceptors (Lipinski definition) is 4. The van der Waals surface area contributed by atoms with E-state index >= 15 is 0 Å². The van der Waals surface area contributed by atoms with Gasteiger partial charge in [-0.15, -0.1) is 0 Å². The molecule has 5 saturated carbocycles. The van der Waals surface area contributed by atoms with Crippen molar-refractivity contribution >= 4 is 27.5 Å². The van der Waals surface area contributed by atoms with Gasteiger partial charge in [0.05, 0.1) is 11.9 Å². The second-order valence-electron chi connectivity index (χ2n) is 15.2. The van der Waals surface area contributed by atoms with E-state index in [9.17, 15) is 18.0 Å². The first kappa shape index (κ1) is 32.9. The summed E-state index contributed by atoms with van der Waals surface area (Å²) in [6, 6.07) is 26.6. The highest BCUT2D eigenvalue weighted by Crippen LogP contribution is 2.60. The molecule has 8 heteroatoms. The molecule has 4 bridgehead atoms. The number of hydrogen-bond donors (Lipinski definition) is 1. The molecular formula is C40H49N3O4S. The summed E-state index contributed by atoms with van der Waals surface area (Å²) in [5.41, 5.74) is 3.80. The highest BCUT2D eigenvalue weighted by Gasteiger charge is 2.51. The van der Waals surface area contributed by atoms with Gasteiger partial charge in [-0.1, -0.05) is 85.6 Å². The van der Waals surface area contributed by atoms with Gasteiger partial charge in [0.15, 0.2) is 0 Å². The second kappa shape index (κ2) is 13.7. The van der Waals surface area contributed by atoms with E-state index in [-0.39, 0.29) is 30.5 Å². The number of sulfonamides is 1. The smallest absolute Gasteiger partial charge is 0.244 e. The van der Waals surface area contributed by atoms with Crippen molar-refractivity contribution in [2.45, 2.75) is 94.7 Å². The summed E-state index contributed by atoms with van der Waals surface area (Å²) in [6.07, 6.45) is 13.3. The number of rotatable bonds is 12. The van der Waals surface area contributed by atoms with Crippen molar-refractivity contribution in [2.24, 2.45) is 17.8 Å². The van der Waals surface area contributed by atoms with E-state index in [4.69, 9.17) is 0 Å². The highest BCUT2D eigenvalue weighted by atomic mass is 32.2. The fraction of sp³-hybridized carbons (Fsp3) is 0.500. The first-order chi connectivity index (χ1) is 23.1. The van der Waals surface area contributed by atoms with Crippen LogP contribution in [0, 0.1) is 17.8 Å². The fourth-order valence-corrected chi connectivity index (χ4v) is 10.6. The predicted octanol–water partition coefficient (Wildman–Crippen LogP) is 6.62. The zero-order valence-corrected chi connectivity index (χ0v) is 28.9. The van der Waals surface area contributed by atoms with Crippen LogP contribution in [-0.4, -0.2) is 50.0 Å². The molecule has 0 saturated heterocycles. The van der Waals surface area contributed by atoms with E-state index in [1.807, 2.05) is 72.8 Å². The first-order valence-corrected chi connectivity index (χ1v) is 19.8. The van der Waals surface area contributed by atoms with Crippen LogP contribution in [-0.2, 0) is 38.0 Å². The molecule has 1 atom stereocenters. The second-order valence-corrected chi connectivity index (χ2v) is 17.1. The summed E-state index contributed by atoms with van der Waals surface area (Å²) < 4.78 is 27.9. The number of nitrogens with zero attached hydrogens (tertiary/aromatic N) is 2. The van der Waals surface area contributed by atoms with E-state index in [2.05, 4.69) is 17.4 Å². The molecule has 0 radical (unpaired) electrons. The minimum absolute atomic E-state index is 0.0875. The molecular weight excluding hydrogens is 619 g/mol. The van der Waals surface area contributed by atoms with E-state index in [0.717, 1.165) is 60.8 Å². The van der Waals surface area contributed by atoms with Crippen LogP contribution in [0.2, 0.25) is 0 Å². The van der Waals surface area contributed by atoms with Crippen molar-refractivity contribution in [1.29, 1.82) is 0 Å². The SMILES string of the molecule is CS(=O)(=O)N(CC(=O)N(Cc1ccccc1)[C@@H](Cc1ccccc1)C(=O)NC1CCCC1)c1ccc(C23CC4CC(CC(C4)C2)C3)cc1. The molecule has 3 aromatic carbocycles. The predicted molar refractivity (Wildman–Crippen MR) is 190 cm³/mol. The average molecular weight is 668 g/mol. The number of carbonyl (C=O) groups is 2. The standard InChI is InChI=1S/C40H49N3O4S/c1-48(46,47)43(36-18-16-34(17-19-36)40-24-31-20-32(25-40)22-33(21-31)26-40)28-38(44)42(27-30-12-6-3-7-13-30)37(23-29-10-4-2-5-11-29)39(45)41-35-14-8-9-15-35/h2-7,10-13,16-19,31-33,35,37H,8-9,14-15,20-28H2,1H3,(H,41,45)/t31?,32?,33?,37-,40?/m0/s1. The van der Waals surface area contributed by atoms with Gasteiger partial charge in [-0.2, -0.15) is 0 Å². The van der Waals surface area contributed by atoms with Gasteiger partial charge < -0.3 is 10.2 Å². The molecule has 0 aliphatic heterocycles. The van der Waals surface area contributed by atoms with Crippen LogP contribution in [0.3, 0.4) is 0 Å². The third-order valence-electron chi connectivity index (χ3n) is 11.7. The molecule has 0 aromatic heterocycles. The van der Waals surface area contributed by atoms with Gasteiger partial charge in [0.2, 0.25) is 21.8 Å². The first-order valence-electron chi connectivity index (χ1n) is 17.9. The quantitative estimate of drug-likeness (QED) is 0.235. The summed E-state index contributed by atoms with van der Waals surface area (Å²) in [4.78, 5) is 30.1. The van der Waals surface area contributed by atoms with Gasteiger partial charge in [-0.3, -0.25) is 13.9 Å². The third-order valence-corrected chi connectivity index (χ3v) is 12.8. The maximum absolute atomic E-state index is 14.5. The molecule has 0 heterocycles. The molecule has 0 spiro atoms. The maximum atomic E-state index is 14.5. The monoisotopic (exact) mass is 667 g/mol. The maximum Gasteiger partial charge on any atom is 0.244 e. The lowest BCUT2D eigenvalue weighted by atomic mass is 9.48. The molecule has 48 heavy (non-hydrogen) atoms. The number of anilines is 1. The molecule has 5 aliphatic carbocycles. The van der Waals surface area contributed by atoms with Crippen molar-refractivity contribution < 1.29 is 18.0 Å². The fourth-order valence-electron chi connectivity index (χ4n) is 9.76. The van der Waals surface area contributed by atoms with Crippen LogP contribution in [0.4, 0.5) is 5.69 Å². The minimum atomic E-state index is -3.82. The Labute approximate surface area is 286 Å². The minimum Gasteiger partial charge on any atom is -0.352 e. The molecule has 5 aliphatic rings.